The van der Waals surface area contributed by atoms with Crippen LogP contribution < -0.4 is 10.9 Å². The molecule has 8 nitrogen and oxygen atoms in total. The predicted octanol–water partition coefficient (Wildman–Crippen LogP) is 1.58. The lowest BCUT2D eigenvalue weighted by atomic mass is 10.3. The number of hydrogen-bond donors (Lipinski definition) is 2. The van der Waals surface area contributed by atoms with E-state index in [4.69, 9.17) is 4.42 Å². The molecule has 130 valence electrons. The molecule has 0 aliphatic heterocycles. The van der Waals surface area contributed by atoms with E-state index in [1.165, 1.54) is 0 Å². The summed E-state index contributed by atoms with van der Waals surface area (Å²) in [6.07, 6.45) is 0. The Morgan fingerprint density at radius 2 is 1.96 bits per heavy atom. The number of rotatable bonds is 5. The Kier molecular flexibility index (Phi) is 5.03. The van der Waals surface area contributed by atoms with Gasteiger partial charge in [0.25, 0.3) is 11.1 Å². The summed E-state index contributed by atoms with van der Waals surface area (Å²) in [5.74, 6) is -0.632. The van der Waals surface area contributed by atoms with Crippen molar-refractivity contribution >= 4 is 34.7 Å². The molecule has 0 bridgehead atoms. The molecule has 0 radical (unpaired) electrons. The van der Waals surface area contributed by atoms with Crippen molar-refractivity contribution in [2.45, 2.75) is 25.6 Å². The summed E-state index contributed by atoms with van der Waals surface area (Å²) in [6.45, 7) is 3.76. The number of nitrogens with zero attached hydrogens (tertiary/aromatic N) is 3. The zero-order chi connectivity index (χ0) is 17.8. The Hall–Kier alpha value is -2.81. The Morgan fingerprint density at radius 1 is 1.20 bits per heavy atom. The Balaban J connectivity index is 1.44. The van der Waals surface area contributed by atoms with Crippen molar-refractivity contribution < 1.29 is 14.0 Å². The highest BCUT2D eigenvalue weighted by Crippen LogP contribution is 2.22. The summed E-state index contributed by atoms with van der Waals surface area (Å²) in [5.41, 5.74) is 7.86. The van der Waals surface area contributed by atoms with Gasteiger partial charge in [-0.15, -0.1) is 0 Å². The highest BCUT2D eigenvalue weighted by molar-refractivity contribution is 7.99. The number of carbonyl (C=O) groups excluding carboxylic acids is 2. The molecule has 0 aliphatic rings. The molecule has 0 atom stereocenters. The van der Waals surface area contributed by atoms with Crippen LogP contribution in [0.25, 0.3) is 11.1 Å². The number of benzene rings is 1. The molecule has 0 fully saturated rings. The molecule has 2 heterocycles. The van der Waals surface area contributed by atoms with Gasteiger partial charge in [0.05, 0.1) is 11.4 Å². The van der Waals surface area contributed by atoms with Gasteiger partial charge < -0.3 is 4.42 Å². The maximum atomic E-state index is 11.8. The molecule has 0 saturated heterocycles. The molecule has 0 unspecified atom stereocenters. The summed E-state index contributed by atoms with van der Waals surface area (Å²) < 4.78 is 7.08. The highest BCUT2D eigenvalue weighted by Gasteiger charge is 2.11. The van der Waals surface area contributed by atoms with Crippen LogP contribution >= 0.6 is 11.8 Å². The minimum absolute atomic E-state index is 0.0399. The Labute approximate surface area is 147 Å². The standard InChI is InChI=1S/C16H17N5O3S/c1-10-7-11(2)21(20-10)8-14(22)18-19-15(23)9-25-16-17-12-5-3-4-6-13(12)24-16/h3-7H,8-9H2,1-2H3,(H,18,22)(H,19,23). The van der Waals surface area contributed by atoms with E-state index in [9.17, 15) is 9.59 Å². The van der Waals surface area contributed by atoms with Gasteiger partial charge in [-0.3, -0.25) is 25.1 Å². The van der Waals surface area contributed by atoms with Gasteiger partial charge in [-0.05, 0) is 32.0 Å². The fraction of sp³-hybridized carbons (Fsp3) is 0.250. The van der Waals surface area contributed by atoms with Crippen LogP contribution in [0.3, 0.4) is 0 Å². The number of amides is 2. The van der Waals surface area contributed by atoms with Crippen molar-refractivity contribution in [2.75, 3.05) is 5.75 Å². The molecule has 2 amide bonds. The number of nitrogens with one attached hydrogen (secondary N) is 2. The van der Waals surface area contributed by atoms with E-state index < -0.39 is 0 Å². The third-order valence-corrected chi connectivity index (χ3v) is 4.17. The lowest BCUT2D eigenvalue weighted by Gasteiger charge is -2.07. The van der Waals surface area contributed by atoms with E-state index in [0.717, 1.165) is 28.7 Å². The van der Waals surface area contributed by atoms with Crippen LogP contribution in [0.1, 0.15) is 11.4 Å². The molecule has 3 rings (SSSR count). The third-order valence-electron chi connectivity index (χ3n) is 3.34. The average Bonchev–Trinajstić information content (AvgIpc) is 3.13. The first-order valence-electron chi connectivity index (χ1n) is 7.58. The molecule has 0 saturated carbocycles. The van der Waals surface area contributed by atoms with Crippen LogP contribution in [0, 0.1) is 13.8 Å². The molecule has 1 aromatic carbocycles. The smallest absolute Gasteiger partial charge is 0.260 e. The topological polar surface area (TPSA) is 102 Å². The normalized spacial score (nSPS) is 10.8. The third kappa shape index (κ3) is 4.38. The molecule has 2 aromatic heterocycles. The van der Waals surface area contributed by atoms with Gasteiger partial charge in [0.2, 0.25) is 5.91 Å². The number of hydrazine groups is 1. The largest absolute Gasteiger partial charge is 0.431 e. The zero-order valence-corrected chi connectivity index (χ0v) is 14.6. The first-order chi connectivity index (χ1) is 12.0. The van der Waals surface area contributed by atoms with Crippen molar-refractivity contribution in [3.05, 3.63) is 41.7 Å². The number of thioether (sulfide) groups is 1. The second-order valence-corrected chi connectivity index (χ2v) is 6.34. The lowest BCUT2D eigenvalue weighted by molar-refractivity contribution is -0.128. The molecule has 0 spiro atoms. The van der Waals surface area contributed by atoms with Crippen LogP contribution in [0.4, 0.5) is 0 Å². The highest BCUT2D eigenvalue weighted by atomic mass is 32.2. The van der Waals surface area contributed by atoms with E-state index >= 15 is 0 Å². The number of aryl methyl sites for hydroxylation is 2. The van der Waals surface area contributed by atoms with Crippen LogP contribution in [0.15, 0.2) is 40.0 Å². The molecule has 3 aromatic rings. The van der Waals surface area contributed by atoms with Crippen LogP contribution in [-0.2, 0) is 16.1 Å². The maximum Gasteiger partial charge on any atom is 0.260 e. The number of fused-ring (bicyclic) bond motifs is 1. The number of oxazole rings is 1. The van der Waals surface area contributed by atoms with Crippen LogP contribution in [0.5, 0.6) is 0 Å². The quantitative estimate of drug-likeness (QED) is 0.530. The SMILES string of the molecule is Cc1cc(C)n(CC(=O)NNC(=O)CSc2nc3ccccc3o2)n1. The van der Waals surface area contributed by atoms with Crippen molar-refractivity contribution in [2.24, 2.45) is 0 Å². The summed E-state index contributed by atoms with van der Waals surface area (Å²) in [6, 6.07) is 9.24. The zero-order valence-electron chi connectivity index (χ0n) is 13.8. The van der Waals surface area contributed by atoms with Crippen molar-refractivity contribution in [1.29, 1.82) is 0 Å². The fourth-order valence-electron chi connectivity index (χ4n) is 2.23. The summed E-state index contributed by atoms with van der Waals surface area (Å²) in [5, 5.41) is 4.60. The number of aromatic nitrogens is 3. The molecular formula is C16H17N5O3S. The maximum absolute atomic E-state index is 11.8. The molecule has 2 N–H and O–H groups in total. The number of carbonyl (C=O) groups is 2. The average molecular weight is 359 g/mol. The van der Waals surface area contributed by atoms with E-state index in [1.807, 2.05) is 44.2 Å². The predicted molar refractivity (Wildman–Crippen MR) is 92.7 cm³/mol. The van der Waals surface area contributed by atoms with Crippen molar-refractivity contribution in [3.63, 3.8) is 0 Å². The molecule has 0 aliphatic carbocycles. The molecule has 9 heteroatoms. The van der Waals surface area contributed by atoms with Crippen LogP contribution in [-0.4, -0.2) is 32.3 Å². The molecule has 25 heavy (non-hydrogen) atoms. The summed E-state index contributed by atoms with van der Waals surface area (Å²) >= 11 is 1.16. The Bertz CT molecular complexity index is 885. The van der Waals surface area contributed by atoms with E-state index in [-0.39, 0.29) is 24.1 Å². The van der Waals surface area contributed by atoms with E-state index in [1.54, 1.807) is 4.68 Å². The first-order valence-corrected chi connectivity index (χ1v) is 8.57. The van der Waals surface area contributed by atoms with E-state index in [2.05, 4.69) is 20.9 Å². The van der Waals surface area contributed by atoms with Crippen molar-refractivity contribution in [3.8, 4) is 0 Å². The lowest BCUT2D eigenvalue weighted by Crippen LogP contribution is -2.44. The van der Waals surface area contributed by atoms with Gasteiger partial charge in [-0.2, -0.15) is 5.10 Å². The second kappa shape index (κ2) is 7.39. The monoisotopic (exact) mass is 359 g/mol. The van der Waals surface area contributed by atoms with Gasteiger partial charge in [0.15, 0.2) is 5.58 Å². The van der Waals surface area contributed by atoms with E-state index in [0.29, 0.717) is 10.8 Å². The Morgan fingerprint density at radius 3 is 2.68 bits per heavy atom. The number of hydrogen-bond acceptors (Lipinski definition) is 6. The van der Waals surface area contributed by atoms with Gasteiger partial charge >= 0.3 is 0 Å². The van der Waals surface area contributed by atoms with Crippen molar-refractivity contribution in [1.82, 2.24) is 25.6 Å². The number of para-hydroxylation sites is 2. The first kappa shape index (κ1) is 17.0. The van der Waals surface area contributed by atoms with Gasteiger partial charge in [0.1, 0.15) is 12.1 Å². The van der Waals surface area contributed by atoms with Crippen LogP contribution in [0.2, 0.25) is 0 Å². The summed E-state index contributed by atoms with van der Waals surface area (Å²) in [7, 11) is 0. The minimum Gasteiger partial charge on any atom is -0.431 e. The fourth-order valence-corrected chi connectivity index (χ4v) is 2.86. The summed E-state index contributed by atoms with van der Waals surface area (Å²) in [4.78, 5) is 27.9. The minimum atomic E-state index is -0.355. The van der Waals surface area contributed by atoms with Gasteiger partial charge in [-0.25, -0.2) is 4.98 Å². The van der Waals surface area contributed by atoms with Gasteiger partial charge in [0, 0.05) is 5.69 Å². The van der Waals surface area contributed by atoms with Gasteiger partial charge in [-0.1, -0.05) is 23.9 Å². The molecular weight excluding hydrogens is 342 g/mol. The second-order valence-electron chi connectivity index (χ2n) is 5.42.